The second-order valence-corrected chi connectivity index (χ2v) is 5.25. The lowest BCUT2D eigenvalue weighted by molar-refractivity contribution is -0.274. The quantitative estimate of drug-likeness (QED) is 0.808. The maximum Gasteiger partial charge on any atom is 0.573 e. The van der Waals surface area contributed by atoms with Crippen molar-refractivity contribution < 1.29 is 17.9 Å². The van der Waals surface area contributed by atoms with E-state index in [-0.39, 0.29) is 5.75 Å². The maximum atomic E-state index is 12.6. The van der Waals surface area contributed by atoms with Gasteiger partial charge in [-0.1, -0.05) is 18.2 Å². The van der Waals surface area contributed by atoms with Gasteiger partial charge in [-0.3, -0.25) is 4.98 Å². The summed E-state index contributed by atoms with van der Waals surface area (Å²) in [6.07, 6.45) is -0.649. The van der Waals surface area contributed by atoms with Crippen LogP contribution < -0.4 is 4.74 Å². The first kappa shape index (κ1) is 13.9. The monoisotopic (exact) mass is 293 g/mol. The highest BCUT2D eigenvalue weighted by Gasteiger charge is 2.33. The van der Waals surface area contributed by atoms with Crippen LogP contribution in [0.1, 0.15) is 29.9 Å². The van der Waals surface area contributed by atoms with Crippen molar-refractivity contribution in [2.45, 2.75) is 32.0 Å². The van der Waals surface area contributed by atoms with Gasteiger partial charge in [-0.05, 0) is 48.9 Å². The van der Waals surface area contributed by atoms with Crippen LogP contribution in [0, 0.1) is 6.92 Å². The summed E-state index contributed by atoms with van der Waals surface area (Å²) in [7, 11) is 0. The topological polar surface area (TPSA) is 22.1 Å². The molecule has 3 rings (SSSR count). The Morgan fingerprint density at radius 2 is 1.90 bits per heavy atom. The second kappa shape index (κ2) is 5.06. The summed E-state index contributed by atoms with van der Waals surface area (Å²) >= 11 is 0. The number of alkyl halides is 3. The van der Waals surface area contributed by atoms with Crippen LogP contribution >= 0.6 is 0 Å². The molecule has 1 heterocycles. The summed E-state index contributed by atoms with van der Waals surface area (Å²) in [5.41, 5.74) is 2.42. The van der Waals surface area contributed by atoms with E-state index in [1.807, 2.05) is 6.07 Å². The van der Waals surface area contributed by atoms with Crippen LogP contribution in [-0.2, 0) is 0 Å². The number of ether oxygens (including phenoxy) is 1. The fraction of sp³-hybridized carbons (Fsp3) is 0.312. The molecule has 1 fully saturated rings. The molecular formula is C16H14F3NO. The molecule has 0 saturated heterocycles. The number of halogens is 3. The summed E-state index contributed by atoms with van der Waals surface area (Å²) in [4.78, 5) is 4.29. The SMILES string of the molecule is Cc1cccc(-c2ccc(C3CC3)cn2)c1OC(F)(F)F. The number of aryl methyl sites for hydroxylation is 1. The van der Waals surface area contributed by atoms with Crippen molar-refractivity contribution in [3.63, 3.8) is 0 Å². The molecule has 0 unspecified atom stereocenters. The largest absolute Gasteiger partial charge is 0.573 e. The van der Waals surface area contributed by atoms with Gasteiger partial charge in [0.05, 0.1) is 5.69 Å². The van der Waals surface area contributed by atoms with Crippen molar-refractivity contribution in [2.75, 3.05) is 0 Å². The van der Waals surface area contributed by atoms with Gasteiger partial charge in [-0.15, -0.1) is 13.2 Å². The third-order valence-corrected chi connectivity index (χ3v) is 3.54. The number of pyridine rings is 1. The van der Waals surface area contributed by atoms with E-state index in [0.717, 1.165) is 18.4 Å². The van der Waals surface area contributed by atoms with Gasteiger partial charge in [-0.2, -0.15) is 0 Å². The molecule has 0 bridgehead atoms. The summed E-state index contributed by atoms with van der Waals surface area (Å²) in [5.74, 6) is 0.381. The number of aromatic nitrogens is 1. The van der Waals surface area contributed by atoms with Gasteiger partial charge in [0.2, 0.25) is 0 Å². The van der Waals surface area contributed by atoms with Crippen LogP contribution in [-0.4, -0.2) is 11.3 Å². The highest BCUT2D eigenvalue weighted by Crippen LogP contribution is 2.41. The summed E-state index contributed by atoms with van der Waals surface area (Å²) < 4.78 is 41.8. The Balaban J connectivity index is 1.98. The zero-order valence-electron chi connectivity index (χ0n) is 11.4. The summed E-state index contributed by atoms with van der Waals surface area (Å²) in [6, 6.07) is 8.56. The summed E-state index contributed by atoms with van der Waals surface area (Å²) in [6.45, 7) is 1.59. The molecule has 1 saturated carbocycles. The first-order valence-corrected chi connectivity index (χ1v) is 6.76. The van der Waals surface area contributed by atoms with Crippen LogP contribution in [0.25, 0.3) is 11.3 Å². The minimum Gasteiger partial charge on any atom is -0.405 e. The summed E-state index contributed by atoms with van der Waals surface area (Å²) in [5, 5.41) is 0. The fourth-order valence-corrected chi connectivity index (χ4v) is 2.33. The van der Waals surface area contributed by atoms with Gasteiger partial charge in [-0.25, -0.2) is 0 Å². The molecule has 0 amide bonds. The van der Waals surface area contributed by atoms with Crippen LogP contribution in [0.3, 0.4) is 0 Å². The van der Waals surface area contributed by atoms with Gasteiger partial charge in [0.15, 0.2) is 0 Å². The van der Waals surface area contributed by atoms with E-state index in [4.69, 9.17) is 0 Å². The van der Waals surface area contributed by atoms with E-state index in [0.29, 0.717) is 22.7 Å². The van der Waals surface area contributed by atoms with E-state index >= 15 is 0 Å². The van der Waals surface area contributed by atoms with Crippen LogP contribution in [0.4, 0.5) is 13.2 Å². The molecule has 1 aromatic heterocycles. The Kier molecular flexibility index (Phi) is 3.35. The zero-order valence-corrected chi connectivity index (χ0v) is 11.4. The van der Waals surface area contributed by atoms with Crippen molar-refractivity contribution in [2.24, 2.45) is 0 Å². The Bertz CT molecular complexity index is 646. The molecule has 21 heavy (non-hydrogen) atoms. The number of hydrogen-bond acceptors (Lipinski definition) is 2. The van der Waals surface area contributed by atoms with Gasteiger partial charge >= 0.3 is 6.36 Å². The fourth-order valence-electron chi connectivity index (χ4n) is 2.33. The van der Waals surface area contributed by atoms with Crippen molar-refractivity contribution in [3.8, 4) is 17.0 Å². The molecule has 1 aromatic carbocycles. The average Bonchev–Trinajstić information content (AvgIpc) is 3.24. The first-order chi connectivity index (χ1) is 9.94. The molecule has 0 aliphatic heterocycles. The molecule has 2 aromatic rings. The third kappa shape index (κ3) is 3.17. The lowest BCUT2D eigenvalue weighted by atomic mass is 10.0. The Morgan fingerprint density at radius 3 is 2.48 bits per heavy atom. The van der Waals surface area contributed by atoms with Gasteiger partial charge in [0.25, 0.3) is 0 Å². The number of benzene rings is 1. The van der Waals surface area contributed by atoms with Crippen molar-refractivity contribution in [3.05, 3.63) is 47.7 Å². The second-order valence-electron chi connectivity index (χ2n) is 5.25. The van der Waals surface area contributed by atoms with E-state index in [2.05, 4.69) is 9.72 Å². The Labute approximate surface area is 120 Å². The molecule has 0 N–H and O–H groups in total. The molecule has 0 atom stereocenters. The smallest absolute Gasteiger partial charge is 0.405 e. The minimum atomic E-state index is -4.71. The standard InChI is InChI=1S/C16H14F3NO/c1-10-3-2-4-13(15(10)21-16(17,18)19)14-8-7-12(9-20-14)11-5-6-11/h2-4,7-9,11H,5-6H2,1H3. The Hall–Kier alpha value is -2.04. The van der Waals surface area contributed by atoms with Gasteiger partial charge in [0, 0.05) is 11.8 Å². The van der Waals surface area contributed by atoms with E-state index in [1.165, 1.54) is 0 Å². The molecule has 5 heteroatoms. The lowest BCUT2D eigenvalue weighted by Gasteiger charge is -2.15. The molecule has 0 radical (unpaired) electrons. The predicted octanol–water partition coefficient (Wildman–Crippen LogP) is 4.83. The van der Waals surface area contributed by atoms with Crippen LogP contribution in [0.2, 0.25) is 0 Å². The van der Waals surface area contributed by atoms with Crippen LogP contribution in [0.5, 0.6) is 5.75 Å². The predicted molar refractivity (Wildman–Crippen MR) is 73.1 cm³/mol. The van der Waals surface area contributed by atoms with E-state index in [9.17, 15) is 13.2 Å². The normalized spacial score (nSPS) is 15.0. The Morgan fingerprint density at radius 1 is 1.14 bits per heavy atom. The number of para-hydroxylation sites is 1. The number of rotatable bonds is 3. The highest BCUT2D eigenvalue weighted by atomic mass is 19.4. The first-order valence-electron chi connectivity index (χ1n) is 6.76. The minimum absolute atomic E-state index is 0.184. The van der Waals surface area contributed by atoms with Crippen molar-refractivity contribution >= 4 is 0 Å². The average molecular weight is 293 g/mol. The van der Waals surface area contributed by atoms with E-state index in [1.54, 1.807) is 37.4 Å². The number of nitrogens with zero attached hydrogens (tertiary/aromatic N) is 1. The maximum absolute atomic E-state index is 12.6. The molecular weight excluding hydrogens is 279 g/mol. The van der Waals surface area contributed by atoms with E-state index < -0.39 is 6.36 Å². The third-order valence-electron chi connectivity index (χ3n) is 3.54. The van der Waals surface area contributed by atoms with Crippen molar-refractivity contribution in [1.82, 2.24) is 4.98 Å². The zero-order chi connectivity index (χ0) is 15.0. The van der Waals surface area contributed by atoms with Gasteiger partial charge in [0.1, 0.15) is 5.75 Å². The molecule has 110 valence electrons. The lowest BCUT2D eigenvalue weighted by Crippen LogP contribution is -2.18. The molecule has 0 spiro atoms. The van der Waals surface area contributed by atoms with Crippen LogP contribution in [0.15, 0.2) is 36.5 Å². The molecule has 1 aliphatic carbocycles. The van der Waals surface area contributed by atoms with Gasteiger partial charge < -0.3 is 4.74 Å². The molecule has 2 nitrogen and oxygen atoms in total. The molecule has 1 aliphatic rings. The van der Waals surface area contributed by atoms with Crippen molar-refractivity contribution in [1.29, 1.82) is 0 Å². The highest BCUT2D eigenvalue weighted by molar-refractivity contribution is 5.69. The number of hydrogen-bond donors (Lipinski definition) is 0.